The summed E-state index contributed by atoms with van der Waals surface area (Å²) in [4.78, 5) is 18.9. The number of amides is 2. The molecule has 37 heavy (non-hydrogen) atoms. The number of piperazine rings is 1. The molecule has 0 N–H and O–H groups in total. The molecule has 0 saturated carbocycles. The minimum Gasteiger partial charge on any atom is -0.406 e. The van der Waals surface area contributed by atoms with Gasteiger partial charge in [0.05, 0.1) is 6.26 Å². The van der Waals surface area contributed by atoms with Crippen LogP contribution in [0.1, 0.15) is 17.0 Å². The second-order valence-corrected chi connectivity index (χ2v) is 11.5. The third-order valence-electron chi connectivity index (χ3n) is 6.90. The molecule has 0 aromatic heterocycles. The van der Waals surface area contributed by atoms with Crippen molar-refractivity contribution in [2.45, 2.75) is 24.9 Å². The van der Waals surface area contributed by atoms with E-state index in [2.05, 4.69) is 9.64 Å². The van der Waals surface area contributed by atoms with E-state index < -0.39 is 16.4 Å². The zero-order valence-corrected chi connectivity index (χ0v) is 21.6. The fraction of sp³-hybridized carbons (Fsp3) is 0.480. The van der Waals surface area contributed by atoms with Gasteiger partial charge in [-0.25, -0.2) is 13.2 Å². The van der Waals surface area contributed by atoms with Gasteiger partial charge in [-0.3, -0.25) is 4.90 Å². The second kappa shape index (κ2) is 10.9. The molecule has 0 aliphatic carbocycles. The quantitative estimate of drug-likeness (QED) is 0.563. The first kappa shape index (κ1) is 27.2. The molecule has 2 aromatic carbocycles. The highest BCUT2D eigenvalue weighted by molar-refractivity contribution is 7.88. The van der Waals surface area contributed by atoms with E-state index in [0.717, 1.165) is 5.56 Å². The number of likely N-dealkylation sites (N-methyl/N-ethyl adjacent to an activating group) is 1. The Labute approximate surface area is 215 Å². The van der Waals surface area contributed by atoms with E-state index in [4.69, 9.17) is 0 Å². The third-order valence-corrected chi connectivity index (χ3v) is 8.20. The first-order valence-electron chi connectivity index (χ1n) is 12.0. The zero-order chi connectivity index (χ0) is 26.8. The number of carbonyl (C=O) groups excluding carboxylic acids is 1. The summed E-state index contributed by atoms with van der Waals surface area (Å²) in [5.74, 6) is -0.267. The van der Waals surface area contributed by atoms with Crippen LogP contribution in [-0.2, 0) is 16.6 Å². The van der Waals surface area contributed by atoms with Gasteiger partial charge in [0.25, 0.3) is 0 Å². The van der Waals surface area contributed by atoms with Crippen molar-refractivity contribution in [1.82, 2.24) is 19.0 Å². The lowest BCUT2D eigenvalue weighted by atomic mass is 9.93. The fourth-order valence-electron chi connectivity index (χ4n) is 5.07. The van der Waals surface area contributed by atoms with Crippen molar-refractivity contribution in [3.05, 3.63) is 65.7 Å². The SMILES string of the molecule is CN(Cc1cccc(OC(F)(F)F)c1)C1CN(C(=O)N2CCN(S(C)(=O)=O)CC2)CC1c1ccccc1. The minimum absolute atomic E-state index is 0.00191. The Kier molecular flexibility index (Phi) is 8.00. The van der Waals surface area contributed by atoms with Gasteiger partial charge in [0.15, 0.2) is 0 Å². The molecule has 202 valence electrons. The largest absolute Gasteiger partial charge is 0.573 e. The maximum Gasteiger partial charge on any atom is 0.573 e. The van der Waals surface area contributed by atoms with Crippen LogP contribution in [0.2, 0.25) is 0 Å². The van der Waals surface area contributed by atoms with Crippen LogP contribution in [0.15, 0.2) is 54.6 Å². The van der Waals surface area contributed by atoms with Gasteiger partial charge in [-0.1, -0.05) is 42.5 Å². The van der Waals surface area contributed by atoms with Gasteiger partial charge in [0, 0.05) is 57.8 Å². The summed E-state index contributed by atoms with van der Waals surface area (Å²) in [6.07, 6.45) is -3.59. The first-order chi connectivity index (χ1) is 17.4. The lowest BCUT2D eigenvalue weighted by molar-refractivity contribution is -0.274. The molecule has 4 rings (SSSR count). The van der Waals surface area contributed by atoms with Gasteiger partial charge >= 0.3 is 12.4 Å². The van der Waals surface area contributed by atoms with E-state index >= 15 is 0 Å². The molecule has 0 bridgehead atoms. The minimum atomic E-state index is -4.76. The van der Waals surface area contributed by atoms with Crippen LogP contribution in [0.25, 0.3) is 0 Å². The number of sulfonamides is 1. The Morgan fingerprint density at radius 1 is 1.00 bits per heavy atom. The van der Waals surface area contributed by atoms with Crippen molar-refractivity contribution in [2.24, 2.45) is 0 Å². The Bertz CT molecular complexity index is 1190. The number of hydrogen-bond donors (Lipinski definition) is 0. The van der Waals surface area contributed by atoms with Crippen LogP contribution in [0.3, 0.4) is 0 Å². The average molecular weight is 541 g/mol. The summed E-state index contributed by atoms with van der Waals surface area (Å²) in [7, 11) is -1.40. The predicted octanol–water partition coefficient (Wildman–Crippen LogP) is 3.18. The van der Waals surface area contributed by atoms with Crippen LogP contribution in [-0.4, -0.2) is 98.4 Å². The molecular weight excluding hydrogens is 509 g/mol. The van der Waals surface area contributed by atoms with Gasteiger partial charge in [0.1, 0.15) is 5.75 Å². The summed E-state index contributed by atoms with van der Waals surface area (Å²) >= 11 is 0. The number of halogens is 3. The molecule has 2 heterocycles. The molecule has 2 fully saturated rings. The lowest BCUT2D eigenvalue weighted by Crippen LogP contribution is -2.53. The van der Waals surface area contributed by atoms with Gasteiger partial charge in [-0.05, 0) is 30.3 Å². The van der Waals surface area contributed by atoms with Crippen molar-refractivity contribution < 1.29 is 31.1 Å². The Balaban J connectivity index is 1.48. The van der Waals surface area contributed by atoms with Crippen molar-refractivity contribution in [2.75, 3.05) is 52.6 Å². The predicted molar refractivity (Wildman–Crippen MR) is 133 cm³/mol. The van der Waals surface area contributed by atoms with Gasteiger partial charge < -0.3 is 14.5 Å². The number of alkyl halides is 3. The number of nitrogens with zero attached hydrogens (tertiary/aromatic N) is 4. The summed E-state index contributed by atoms with van der Waals surface area (Å²) in [6.45, 7) is 2.48. The summed E-state index contributed by atoms with van der Waals surface area (Å²) in [6, 6.07) is 15.6. The Morgan fingerprint density at radius 3 is 2.30 bits per heavy atom. The molecule has 2 aromatic rings. The number of benzene rings is 2. The van der Waals surface area contributed by atoms with Crippen molar-refractivity contribution in [3.8, 4) is 5.75 Å². The molecule has 2 saturated heterocycles. The molecule has 2 atom stereocenters. The van der Waals surface area contributed by atoms with Crippen molar-refractivity contribution in [3.63, 3.8) is 0 Å². The van der Waals surface area contributed by atoms with E-state index in [0.29, 0.717) is 38.3 Å². The number of ether oxygens (including phenoxy) is 1. The highest BCUT2D eigenvalue weighted by Crippen LogP contribution is 2.33. The monoisotopic (exact) mass is 540 g/mol. The molecule has 12 heteroatoms. The van der Waals surface area contributed by atoms with Crippen LogP contribution in [0, 0.1) is 0 Å². The normalized spacial score (nSPS) is 21.5. The number of likely N-dealkylation sites (tertiary alicyclic amines) is 1. The molecule has 2 amide bonds. The average Bonchev–Trinajstić information content (AvgIpc) is 3.29. The van der Waals surface area contributed by atoms with E-state index in [9.17, 15) is 26.4 Å². The standard InChI is InChI=1S/C25H31F3N4O4S/c1-29(16-19-7-6-10-21(15-19)36-25(26,27)28)23-18-31(17-22(23)20-8-4-3-5-9-20)24(33)30-11-13-32(14-12-30)37(2,34)35/h3-10,15,22-23H,11-14,16-18H2,1-2H3. The highest BCUT2D eigenvalue weighted by atomic mass is 32.2. The second-order valence-electron chi connectivity index (χ2n) is 9.53. The van der Waals surface area contributed by atoms with E-state index in [1.54, 1.807) is 15.9 Å². The van der Waals surface area contributed by atoms with Gasteiger partial charge in [-0.15, -0.1) is 13.2 Å². The Hall–Kier alpha value is -2.83. The molecule has 0 radical (unpaired) electrons. The van der Waals surface area contributed by atoms with E-state index in [1.807, 2.05) is 37.4 Å². The van der Waals surface area contributed by atoms with Crippen LogP contribution in [0.5, 0.6) is 5.75 Å². The van der Waals surface area contributed by atoms with Crippen molar-refractivity contribution in [1.29, 1.82) is 0 Å². The van der Waals surface area contributed by atoms with Gasteiger partial charge in [0.2, 0.25) is 10.0 Å². The van der Waals surface area contributed by atoms with E-state index in [1.165, 1.54) is 28.8 Å². The maximum absolute atomic E-state index is 13.4. The highest BCUT2D eigenvalue weighted by Gasteiger charge is 2.40. The number of carbonyl (C=O) groups is 1. The topological polar surface area (TPSA) is 73.4 Å². The van der Waals surface area contributed by atoms with Crippen LogP contribution >= 0.6 is 0 Å². The molecule has 2 aliphatic rings. The number of hydrogen-bond acceptors (Lipinski definition) is 5. The van der Waals surface area contributed by atoms with Crippen molar-refractivity contribution >= 4 is 16.1 Å². The molecule has 0 spiro atoms. The molecular formula is C25H31F3N4O4S. The third kappa shape index (κ3) is 6.93. The number of rotatable bonds is 6. The summed E-state index contributed by atoms with van der Waals surface area (Å²) in [5.41, 5.74) is 1.74. The summed E-state index contributed by atoms with van der Waals surface area (Å²) in [5, 5.41) is 0. The Morgan fingerprint density at radius 2 is 1.68 bits per heavy atom. The molecule has 8 nitrogen and oxygen atoms in total. The smallest absolute Gasteiger partial charge is 0.406 e. The van der Waals surface area contributed by atoms with Gasteiger partial charge in [-0.2, -0.15) is 4.31 Å². The zero-order valence-electron chi connectivity index (χ0n) is 20.8. The van der Waals surface area contributed by atoms with Crippen LogP contribution < -0.4 is 4.74 Å². The maximum atomic E-state index is 13.4. The molecule has 2 unspecified atom stereocenters. The fourth-order valence-corrected chi connectivity index (χ4v) is 5.90. The lowest BCUT2D eigenvalue weighted by Gasteiger charge is -2.35. The van der Waals surface area contributed by atoms with Crippen LogP contribution in [0.4, 0.5) is 18.0 Å². The first-order valence-corrected chi connectivity index (χ1v) is 13.8. The number of urea groups is 1. The summed E-state index contributed by atoms with van der Waals surface area (Å²) < 4.78 is 67.1. The van der Waals surface area contributed by atoms with E-state index in [-0.39, 0.29) is 36.8 Å². The molecule has 2 aliphatic heterocycles.